The molecule has 1 heterocycles. The SMILES string of the molecule is CN1CCCC(C(=O)NC(C)(C)CC(=O)O)C1. The molecular weight excluding hydrogens is 220 g/mol. The lowest BCUT2D eigenvalue weighted by atomic mass is 9.94. The quantitative estimate of drug-likeness (QED) is 0.761. The van der Waals surface area contributed by atoms with Crippen molar-refractivity contribution in [2.24, 2.45) is 5.92 Å². The van der Waals surface area contributed by atoms with E-state index in [2.05, 4.69) is 10.2 Å². The largest absolute Gasteiger partial charge is 0.481 e. The Hall–Kier alpha value is -1.10. The molecule has 1 rings (SSSR count). The Labute approximate surface area is 102 Å². The molecule has 17 heavy (non-hydrogen) atoms. The molecule has 1 saturated heterocycles. The highest BCUT2D eigenvalue weighted by Crippen LogP contribution is 2.17. The van der Waals surface area contributed by atoms with Crippen LogP contribution in [0.5, 0.6) is 0 Å². The average molecular weight is 242 g/mol. The Balaban J connectivity index is 2.50. The maximum absolute atomic E-state index is 12.0. The predicted molar refractivity (Wildman–Crippen MR) is 64.7 cm³/mol. The summed E-state index contributed by atoms with van der Waals surface area (Å²) in [7, 11) is 2.00. The minimum Gasteiger partial charge on any atom is -0.481 e. The van der Waals surface area contributed by atoms with Crippen molar-refractivity contribution in [1.29, 1.82) is 0 Å². The molecule has 0 aromatic rings. The number of carbonyl (C=O) groups is 2. The van der Waals surface area contributed by atoms with Crippen LogP contribution in [0.15, 0.2) is 0 Å². The molecule has 98 valence electrons. The van der Waals surface area contributed by atoms with Crippen molar-refractivity contribution in [3.8, 4) is 0 Å². The summed E-state index contributed by atoms with van der Waals surface area (Å²) in [5.74, 6) is -0.930. The standard InChI is InChI=1S/C12H22N2O3/c1-12(2,7-10(15)16)13-11(17)9-5-4-6-14(3)8-9/h9H,4-8H2,1-3H3,(H,13,17)(H,15,16). The number of hydrogen-bond acceptors (Lipinski definition) is 3. The van der Waals surface area contributed by atoms with Gasteiger partial charge in [-0.3, -0.25) is 9.59 Å². The summed E-state index contributed by atoms with van der Waals surface area (Å²) in [4.78, 5) is 24.8. The van der Waals surface area contributed by atoms with Gasteiger partial charge in [0.05, 0.1) is 12.3 Å². The summed E-state index contributed by atoms with van der Waals surface area (Å²) in [5.41, 5.74) is -0.682. The van der Waals surface area contributed by atoms with Crippen LogP contribution >= 0.6 is 0 Å². The van der Waals surface area contributed by atoms with Gasteiger partial charge in [-0.05, 0) is 40.3 Å². The summed E-state index contributed by atoms with van der Waals surface area (Å²) in [6.45, 7) is 5.27. The lowest BCUT2D eigenvalue weighted by Gasteiger charge is -2.32. The van der Waals surface area contributed by atoms with E-state index in [4.69, 9.17) is 5.11 Å². The van der Waals surface area contributed by atoms with Crippen molar-refractivity contribution >= 4 is 11.9 Å². The first kappa shape index (κ1) is 14.0. The van der Waals surface area contributed by atoms with E-state index in [1.54, 1.807) is 13.8 Å². The zero-order valence-corrected chi connectivity index (χ0v) is 10.8. The van der Waals surface area contributed by atoms with Gasteiger partial charge in [-0.1, -0.05) is 0 Å². The monoisotopic (exact) mass is 242 g/mol. The van der Waals surface area contributed by atoms with E-state index in [0.29, 0.717) is 0 Å². The highest BCUT2D eigenvalue weighted by atomic mass is 16.4. The fourth-order valence-electron chi connectivity index (χ4n) is 2.24. The van der Waals surface area contributed by atoms with Crippen molar-refractivity contribution in [1.82, 2.24) is 10.2 Å². The van der Waals surface area contributed by atoms with Crippen LogP contribution in [0, 0.1) is 5.92 Å². The Morgan fingerprint density at radius 3 is 2.65 bits per heavy atom. The van der Waals surface area contributed by atoms with E-state index >= 15 is 0 Å². The Morgan fingerprint density at radius 2 is 2.12 bits per heavy atom. The van der Waals surface area contributed by atoms with Crippen molar-refractivity contribution in [3.05, 3.63) is 0 Å². The lowest BCUT2D eigenvalue weighted by molar-refractivity contribution is -0.139. The van der Waals surface area contributed by atoms with Gasteiger partial charge < -0.3 is 15.3 Å². The molecule has 1 fully saturated rings. The predicted octanol–water partition coefficient (Wildman–Crippen LogP) is 0.698. The summed E-state index contributed by atoms with van der Waals surface area (Å²) in [6.07, 6.45) is 1.86. The van der Waals surface area contributed by atoms with Gasteiger partial charge in [0.2, 0.25) is 5.91 Å². The highest BCUT2D eigenvalue weighted by Gasteiger charge is 2.29. The van der Waals surface area contributed by atoms with Crippen molar-refractivity contribution in [3.63, 3.8) is 0 Å². The first-order valence-electron chi connectivity index (χ1n) is 6.02. The van der Waals surface area contributed by atoms with Gasteiger partial charge in [0.15, 0.2) is 0 Å². The van der Waals surface area contributed by atoms with Crippen LogP contribution in [0.25, 0.3) is 0 Å². The van der Waals surface area contributed by atoms with Crippen LogP contribution < -0.4 is 5.32 Å². The van der Waals surface area contributed by atoms with Crippen LogP contribution in [0.2, 0.25) is 0 Å². The number of amides is 1. The molecule has 0 saturated carbocycles. The smallest absolute Gasteiger partial charge is 0.305 e. The first-order valence-corrected chi connectivity index (χ1v) is 6.02. The number of carboxylic acids is 1. The molecule has 1 unspecified atom stereocenters. The number of hydrogen-bond donors (Lipinski definition) is 2. The number of nitrogens with zero attached hydrogens (tertiary/aromatic N) is 1. The third-order valence-electron chi connectivity index (χ3n) is 3.05. The van der Waals surface area contributed by atoms with Gasteiger partial charge >= 0.3 is 5.97 Å². The topological polar surface area (TPSA) is 69.6 Å². The summed E-state index contributed by atoms with van der Waals surface area (Å²) in [6, 6.07) is 0. The van der Waals surface area contributed by atoms with Gasteiger partial charge in [-0.25, -0.2) is 0 Å². The van der Waals surface area contributed by atoms with Gasteiger partial charge in [0, 0.05) is 12.1 Å². The number of nitrogens with one attached hydrogen (secondary N) is 1. The van der Waals surface area contributed by atoms with Crippen LogP contribution in [-0.4, -0.2) is 47.6 Å². The van der Waals surface area contributed by atoms with E-state index in [1.807, 2.05) is 7.05 Å². The van der Waals surface area contributed by atoms with E-state index in [9.17, 15) is 9.59 Å². The molecule has 1 aliphatic rings. The molecule has 0 spiro atoms. The summed E-state index contributed by atoms with van der Waals surface area (Å²) in [5, 5.41) is 11.6. The molecule has 1 aliphatic heterocycles. The number of aliphatic carboxylic acids is 1. The molecular formula is C12H22N2O3. The molecule has 0 radical (unpaired) electrons. The van der Waals surface area contributed by atoms with Gasteiger partial charge in [0.25, 0.3) is 0 Å². The molecule has 2 N–H and O–H groups in total. The maximum atomic E-state index is 12.0. The number of likely N-dealkylation sites (tertiary alicyclic amines) is 1. The molecule has 0 aromatic heterocycles. The van der Waals surface area contributed by atoms with E-state index in [-0.39, 0.29) is 18.2 Å². The van der Waals surface area contributed by atoms with Gasteiger partial charge in [-0.15, -0.1) is 0 Å². The minimum atomic E-state index is -0.893. The van der Waals surface area contributed by atoms with Crippen molar-refractivity contribution in [2.45, 2.75) is 38.6 Å². The minimum absolute atomic E-state index is 0.0122. The number of carbonyl (C=O) groups excluding carboxylic acids is 1. The van der Waals surface area contributed by atoms with Crippen LogP contribution in [0.1, 0.15) is 33.1 Å². The van der Waals surface area contributed by atoms with Crippen molar-refractivity contribution < 1.29 is 14.7 Å². The van der Waals surface area contributed by atoms with E-state index in [1.165, 1.54) is 0 Å². The Kier molecular flexibility index (Phi) is 4.51. The van der Waals surface area contributed by atoms with E-state index < -0.39 is 11.5 Å². The van der Waals surface area contributed by atoms with Gasteiger partial charge in [0.1, 0.15) is 0 Å². The molecule has 5 heteroatoms. The number of piperidine rings is 1. The second kappa shape index (κ2) is 5.49. The summed E-state index contributed by atoms with van der Waals surface area (Å²) < 4.78 is 0. The fraction of sp³-hybridized carbons (Fsp3) is 0.833. The van der Waals surface area contributed by atoms with Gasteiger partial charge in [-0.2, -0.15) is 0 Å². The Bertz CT molecular complexity index is 302. The number of rotatable bonds is 4. The number of carboxylic acid groups (broad SMARTS) is 1. The van der Waals surface area contributed by atoms with Crippen LogP contribution in [0.4, 0.5) is 0 Å². The van der Waals surface area contributed by atoms with E-state index in [0.717, 1.165) is 25.9 Å². The molecule has 5 nitrogen and oxygen atoms in total. The second-order valence-corrected chi connectivity index (χ2v) is 5.55. The average Bonchev–Trinajstić information content (AvgIpc) is 2.14. The lowest BCUT2D eigenvalue weighted by Crippen LogP contribution is -2.50. The normalized spacial score (nSPS) is 22.2. The van der Waals surface area contributed by atoms with Crippen molar-refractivity contribution in [2.75, 3.05) is 20.1 Å². The molecule has 0 aromatic carbocycles. The molecule has 0 aliphatic carbocycles. The fourth-order valence-corrected chi connectivity index (χ4v) is 2.24. The third kappa shape index (κ3) is 4.73. The first-order chi connectivity index (χ1) is 7.80. The van der Waals surface area contributed by atoms with Crippen LogP contribution in [0.3, 0.4) is 0 Å². The third-order valence-corrected chi connectivity index (χ3v) is 3.05. The molecule has 1 atom stereocenters. The zero-order valence-electron chi connectivity index (χ0n) is 10.8. The van der Waals surface area contributed by atoms with Crippen LogP contribution in [-0.2, 0) is 9.59 Å². The molecule has 1 amide bonds. The summed E-state index contributed by atoms with van der Waals surface area (Å²) >= 11 is 0. The zero-order chi connectivity index (χ0) is 13.1. The molecule has 0 bridgehead atoms. The second-order valence-electron chi connectivity index (χ2n) is 5.55. The Morgan fingerprint density at radius 1 is 1.47 bits per heavy atom. The highest BCUT2D eigenvalue weighted by molar-refractivity contribution is 5.80. The maximum Gasteiger partial charge on any atom is 0.305 e.